The van der Waals surface area contributed by atoms with Gasteiger partial charge >= 0.3 is 0 Å². The molecule has 0 saturated heterocycles. The van der Waals surface area contributed by atoms with Gasteiger partial charge in [0.15, 0.2) is 0 Å². The number of anilines is 1. The van der Waals surface area contributed by atoms with Gasteiger partial charge in [-0.05, 0) is 65.2 Å². The van der Waals surface area contributed by atoms with Gasteiger partial charge in [0, 0.05) is 16.3 Å². The van der Waals surface area contributed by atoms with E-state index in [1.807, 2.05) is 43.3 Å². The van der Waals surface area contributed by atoms with Crippen molar-refractivity contribution in [2.75, 3.05) is 5.32 Å². The molecule has 1 atom stereocenters. The molecular weight excluding hydrogens is 394 g/mol. The third-order valence-corrected chi connectivity index (χ3v) is 5.37. The summed E-state index contributed by atoms with van der Waals surface area (Å²) in [5.41, 5.74) is 5.48. The smallest absolute Gasteiger partial charge is 0.262 e. The van der Waals surface area contributed by atoms with E-state index in [-0.39, 0.29) is 5.91 Å². The number of amides is 1. The molecule has 150 valence electrons. The molecule has 4 aromatic carbocycles. The summed E-state index contributed by atoms with van der Waals surface area (Å²) >= 11 is 6.00. The molecule has 0 radical (unpaired) electrons. The average molecular weight is 416 g/mol. The molecule has 4 rings (SSSR count). The summed E-state index contributed by atoms with van der Waals surface area (Å²) in [6.45, 7) is 3.74. The quantitative estimate of drug-likeness (QED) is 0.242. The Morgan fingerprint density at radius 1 is 0.967 bits per heavy atom. The summed E-state index contributed by atoms with van der Waals surface area (Å²) in [6.07, 6.45) is 1.73. The Morgan fingerprint density at radius 3 is 2.23 bits per heavy atom. The summed E-state index contributed by atoms with van der Waals surface area (Å²) in [6, 6.07) is 23.6. The highest BCUT2D eigenvalue weighted by molar-refractivity contribution is 6.30. The van der Waals surface area contributed by atoms with Crippen LogP contribution < -0.4 is 10.7 Å². The van der Waals surface area contributed by atoms with Crippen LogP contribution in [0.3, 0.4) is 0 Å². The number of aryl methyl sites for hydroxylation is 1. The maximum atomic E-state index is 12.5. The number of fused-ring (bicyclic) bond motifs is 2. The molecule has 0 aliphatic carbocycles. The van der Waals surface area contributed by atoms with Crippen LogP contribution in [0.1, 0.15) is 18.1 Å². The first-order valence-electron chi connectivity index (χ1n) is 9.79. The number of carbonyl (C=O) groups excluding carboxylic acids is 1. The average Bonchev–Trinajstić information content (AvgIpc) is 2.75. The van der Waals surface area contributed by atoms with E-state index in [0.717, 1.165) is 38.4 Å². The van der Waals surface area contributed by atoms with E-state index in [2.05, 4.69) is 46.2 Å². The molecule has 0 bridgehead atoms. The van der Waals surface area contributed by atoms with Crippen molar-refractivity contribution < 1.29 is 4.79 Å². The van der Waals surface area contributed by atoms with E-state index in [0.29, 0.717) is 5.02 Å². The lowest BCUT2D eigenvalue weighted by Crippen LogP contribution is -2.35. The number of carbonyl (C=O) groups is 1. The molecule has 0 aliphatic rings. The number of hydrazone groups is 1. The Labute approximate surface area is 180 Å². The maximum absolute atomic E-state index is 12.5. The van der Waals surface area contributed by atoms with Crippen LogP contribution in [0.25, 0.3) is 21.5 Å². The molecule has 4 aromatic rings. The fourth-order valence-electron chi connectivity index (χ4n) is 3.53. The van der Waals surface area contributed by atoms with Crippen LogP contribution in [-0.2, 0) is 4.79 Å². The second-order valence-corrected chi connectivity index (χ2v) is 7.73. The first-order chi connectivity index (χ1) is 14.5. The van der Waals surface area contributed by atoms with Crippen LogP contribution in [0, 0.1) is 6.92 Å². The van der Waals surface area contributed by atoms with Gasteiger partial charge in [-0.1, -0.05) is 60.1 Å². The lowest BCUT2D eigenvalue weighted by Gasteiger charge is -2.15. The lowest BCUT2D eigenvalue weighted by atomic mass is 9.97. The molecule has 0 aliphatic heterocycles. The van der Waals surface area contributed by atoms with Gasteiger partial charge in [-0.25, -0.2) is 5.43 Å². The van der Waals surface area contributed by atoms with Gasteiger partial charge in [-0.15, -0.1) is 0 Å². The van der Waals surface area contributed by atoms with Crippen LogP contribution in [-0.4, -0.2) is 18.2 Å². The first-order valence-corrected chi connectivity index (χ1v) is 10.2. The molecule has 0 spiro atoms. The summed E-state index contributed by atoms with van der Waals surface area (Å²) in [4.78, 5) is 12.5. The van der Waals surface area contributed by atoms with Crippen LogP contribution in [0.15, 0.2) is 77.9 Å². The summed E-state index contributed by atoms with van der Waals surface area (Å²) < 4.78 is 0. The Bertz CT molecular complexity index is 1210. The molecule has 4 nitrogen and oxygen atoms in total. The number of rotatable bonds is 5. The molecule has 0 fully saturated rings. The van der Waals surface area contributed by atoms with E-state index >= 15 is 0 Å². The molecule has 0 saturated carbocycles. The zero-order valence-electron chi connectivity index (χ0n) is 16.8. The predicted octanol–water partition coefficient (Wildman–Crippen LogP) is 5.91. The topological polar surface area (TPSA) is 53.5 Å². The molecule has 0 unspecified atom stereocenters. The summed E-state index contributed by atoms with van der Waals surface area (Å²) in [5, 5.41) is 12.6. The molecule has 0 aromatic heterocycles. The van der Waals surface area contributed by atoms with Crippen LogP contribution >= 0.6 is 11.6 Å². The van der Waals surface area contributed by atoms with Crippen molar-refractivity contribution in [3.05, 3.63) is 88.9 Å². The second-order valence-electron chi connectivity index (χ2n) is 7.29. The fourth-order valence-corrected chi connectivity index (χ4v) is 3.76. The Balaban J connectivity index is 1.55. The van der Waals surface area contributed by atoms with Crippen molar-refractivity contribution in [1.82, 2.24) is 5.43 Å². The Morgan fingerprint density at radius 2 is 1.60 bits per heavy atom. The normalized spacial score (nSPS) is 12.4. The number of benzene rings is 4. The van der Waals surface area contributed by atoms with Gasteiger partial charge < -0.3 is 5.32 Å². The Kier molecular flexibility index (Phi) is 5.68. The van der Waals surface area contributed by atoms with Crippen molar-refractivity contribution in [3.8, 4) is 0 Å². The van der Waals surface area contributed by atoms with Crippen molar-refractivity contribution in [2.24, 2.45) is 5.10 Å². The van der Waals surface area contributed by atoms with Gasteiger partial charge in [0.05, 0.1) is 6.21 Å². The zero-order valence-corrected chi connectivity index (χ0v) is 17.6. The minimum Gasteiger partial charge on any atom is -0.374 e. The lowest BCUT2D eigenvalue weighted by molar-refractivity contribution is -0.121. The van der Waals surface area contributed by atoms with Crippen molar-refractivity contribution >= 4 is 51.0 Å². The third-order valence-electron chi connectivity index (χ3n) is 5.14. The largest absolute Gasteiger partial charge is 0.374 e. The number of nitrogens with one attached hydrogen (secondary N) is 2. The van der Waals surface area contributed by atoms with Crippen molar-refractivity contribution in [1.29, 1.82) is 0 Å². The highest BCUT2D eigenvalue weighted by atomic mass is 35.5. The first kappa shape index (κ1) is 19.9. The number of hydrogen-bond donors (Lipinski definition) is 2. The maximum Gasteiger partial charge on any atom is 0.262 e. The van der Waals surface area contributed by atoms with Crippen molar-refractivity contribution in [3.63, 3.8) is 0 Å². The zero-order chi connectivity index (χ0) is 21.1. The Hall–Kier alpha value is -3.37. The van der Waals surface area contributed by atoms with Crippen LogP contribution in [0.4, 0.5) is 5.69 Å². The second kappa shape index (κ2) is 8.56. The van der Waals surface area contributed by atoms with E-state index in [1.54, 1.807) is 19.2 Å². The molecular formula is C25H22ClN3O. The van der Waals surface area contributed by atoms with E-state index in [9.17, 15) is 4.79 Å². The van der Waals surface area contributed by atoms with E-state index in [1.165, 1.54) is 0 Å². The highest BCUT2D eigenvalue weighted by Gasteiger charge is 2.13. The summed E-state index contributed by atoms with van der Waals surface area (Å²) in [5.74, 6) is -0.217. The molecule has 1 amide bonds. The van der Waals surface area contributed by atoms with Crippen LogP contribution in [0.5, 0.6) is 0 Å². The van der Waals surface area contributed by atoms with Gasteiger partial charge in [0.25, 0.3) is 5.91 Å². The monoisotopic (exact) mass is 415 g/mol. The highest BCUT2D eigenvalue weighted by Crippen LogP contribution is 2.27. The minimum atomic E-state index is -0.453. The van der Waals surface area contributed by atoms with Gasteiger partial charge in [-0.2, -0.15) is 5.10 Å². The van der Waals surface area contributed by atoms with Gasteiger partial charge in [0.2, 0.25) is 0 Å². The number of nitrogens with zero attached hydrogens (tertiary/aromatic N) is 1. The van der Waals surface area contributed by atoms with Gasteiger partial charge in [0.1, 0.15) is 6.04 Å². The SMILES string of the molecule is Cc1cc(Cl)ccc1N[C@@H](C)C(=O)NN=Cc1c2ccccc2cc2ccccc12. The third kappa shape index (κ3) is 4.14. The molecule has 0 heterocycles. The van der Waals surface area contributed by atoms with Gasteiger partial charge in [-0.3, -0.25) is 4.79 Å². The predicted molar refractivity (Wildman–Crippen MR) is 126 cm³/mol. The van der Waals surface area contributed by atoms with Crippen molar-refractivity contribution in [2.45, 2.75) is 19.9 Å². The molecule has 5 heteroatoms. The van der Waals surface area contributed by atoms with E-state index < -0.39 is 6.04 Å². The minimum absolute atomic E-state index is 0.217. The molecule has 30 heavy (non-hydrogen) atoms. The van der Waals surface area contributed by atoms with E-state index in [4.69, 9.17) is 11.6 Å². The fraction of sp³-hybridized carbons (Fsp3) is 0.120. The molecule has 2 N–H and O–H groups in total. The standard InChI is InChI=1S/C25H22ClN3O/c1-16-13-20(26)11-12-24(16)28-17(2)25(30)29-27-15-23-21-9-5-3-7-18(21)14-19-8-4-6-10-22(19)23/h3-15,17,28H,1-2H3,(H,29,30)/t17-/m0/s1. The number of hydrogen-bond acceptors (Lipinski definition) is 3. The van der Waals surface area contributed by atoms with Crippen LogP contribution in [0.2, 0.25) is 5.02 Å². The number of halogens is 1. The summed E-state index contributed by atoms with van der Waals surface area (Å²) in [7, 11) is 0.